The van der Waals surface area contributed by atoms with Crippen molar-refractivity contribution in [2.75, 3.05) is 13.6 Å². The smallest absolute Gasteiger partial charge is 0.220 e. The lowest BCUT2D eigenvalue weighted by molar-refractivity contribution is -0.126. The van der Waals surface area contributed by atoms with Crippen molar-refractivity contribution in [2.24, 2.45) is 0 Å². The van der Waals surface area contributed by atoms with E-state index in [1.807, 2.05) is 10.8 Å². The lowest BCUT2D eigenvalue weighted by Gasteiger charge is -2.05. The predicted molar refractivity (Wildman–Crippen MR) is 63.2 cm³/mol. The van der Waals surface area contributed by atoms with Crippen LogP contribution in [0.3, 0.4) is 0 Å². The van der Waals surface area contributed by atoms with Gasteiger partial charge in [0.2, 0.25) is 11.8 Å². The first-order valence-electron chi connectivity index (χ1n) is 5.65. The minimum Gasteiger partial charge on any atom is -0.359 e. The van der Waals surface area contributed by atoms with E-state index in [1.165, 1.54) is 0 Å². The molecule has 6 heteroatoms. The van der Waals surface area contributed by atoms with Gasteiger partial charge >= 0.3 is 0 Å². The molecule has 1 aromatic rings. The number of imidazole rings is 1. The van der Waals surface area contributed by atoms with Crippen molar-refractivity contribution >= 4 is 11.8 Å². The summed E-state index contributed by atoms with van der Waals surface area (Å²) in [6.07, 6.45) is 6.68. The number of nitrogens with zero attached hydrogens (tertiary/aromatic N) is 2. The molecule has 1 heterocycles. The zero-order valence-corrected chi connectivity index (χ0v) is 9.98. The quantitative estimate of drug-likeness (QED) is 0.652. The molecule has 0 aliphatic carbocycles. The number of carbonyl (C=O) groups is 2. The van der Waals surface area contributed by atoms with Crippen molar-refractivity contribution in [2.45, 2.75) is 25.8 Å². The maximum atomic E-state index is 11.3. The van der Waals surface area contributed by atoms with E-state index >= 15 is 0 Å². The third-order valence-corrected chi connectivity index (χ3v) is 2.33. The summed E-state index contributed by atoms with van der Waals surface area (Å²) in [7, 11) is 1.56. The van der Waals surface area contributed by atoms with Gasteiger partial charge in [0.15, 0.2) is 0 Å². The summed E-state index contributed by atoms with van der Waals surface area (Å²) in [6, 6.07) is 0. The Morgan fingerprint density at radius 1 is 1.29 bits per heavy atom. The number of hydrogen-bond donors (Lipinski definition) is 2. The molecule has 0 atom stereocenters. The number of aryl methyl sites for hydroxylation is 1. The molecule has 0 unspecified atom stereocenters. The van der Waals surface area contributed by atoms with E-state index in [0.29, 0.717) is 6.54 Å². The highest BCUT2D eigenvalue weighted by Gasteiger charge is 2.04. The third kappa shape index (κ3) is 5.70. The van der Waals surface area contributed by atoms with Crippen LogP contribution in [0.25, 0.3) is 0 Å². The van der Waals surface area contributed by atoms with Gasteiger partial charge in [-0.1, -0.05) is 0 Å². The van der Waals surface area contributed by atoms with Crippen LogP contribution < -0.4 is 10.6 Å². The minimum absolute atomic E-state index is 0.0840. The van der Waals surface area contributed by atoms with E-state index in [4.69, 9.17) is 0 Å². The molecule has 1 aromatic heterocycles. The van der Waals surface area contributed by atoms with Crippen LogP contribution in [0.2, 0.25) is 0 Å². The topological polar surface area (TPSA) is 76.0 Å². The second-order valence-corrected chi connectivity index (χ2v) is 3.68. The molecule has 6 nitrogen and oxygen atoms in total. The van der Waals surface area contributed by atoms with Crippen molar-refractivity contribution in [3.63, 3.8) is 0 Å². The second kappa shape index (κ2) is 7.43. The van der Waals surface area contributed by atoms with Gasteiger partial charge in [-0.3, -0.25) is 9.59 Å². The fraction of sp³-hybridized carbons (Fsp3) is 0.545. The maximum absolute atomic E-state index is 11.3. The Hall–Kier alpha value is -1.85. The first kappa shape index (κ1) is 13.2. The highest BCUT2D eigenvalue weighted by Crippen LogP contribution is 1.91. The molecule has 2 amide bonds. The molecule has 94 valence electrons. The molecule has 0 fully saturated rings. The SMILES string of the molecule is CNC(=O)CCC(=O)NCCCn1ccnc1. The van der Waals surface area contributed by atoms with Gasteiger partial charge in [-0.25, -0.2) is 4.98 Å². The summed E-state index contributed by atoms with van der Waals surface area (Å²) in [4.78, 5) is 26.1. The Morgan fingerprint density at radius 3 is 2.71 bits per heavy atom. The number of hydrogen-bond acceptors (Lipinski definition) is 3. The Kier molecular flexibility index (Phi) is 5.77. The Morgan fingerprint density at radius 2 is 2.06 bits per heavy atom. The average Bonchev–Trinajstić information content (AvgIpc) is 2.84. The number of rotatable bonds is 7. The van der Waals surface area contributed by atoms with Gasteiger partial charge in [-0.05, 0) is 6.42 Å². The molecule has 2 N–H and O–H groups in total. The zero-order valence-electron chi connectivity index (χ0n) is 9.98. The summed E-state index contributed by atoms with van der Waals surface area (Å²) >= 11 is 0. The molecule has 1 rings (SSSR count). The van der Waals surface area contributed by atoms with E-state index in [-0.39, 0.29) is 24.7 Å². The van der Waals surface area contributed by atoms with E-state index in [1.54, 1.807) is 19.6 Å². The standard InChI is InChI=1S/C11H18N4O2/c1-12-10(16)3-4-11(17)14-5-2-7-15-8-6-13-9-15/h6,8-9H,2-5,7H2,1H3,(H,12,16)(H,14,17). The highest BCUT2D eigenvalue weighted by atomic mass is 16.2. The summed E-state index contributed by atoms with van der Waals surface area (Å²) in [5, 5.41) is 5.25. The number of aromatic nitrogens is 2. The fourth-order valence-electron chi connectivity index (χ4n) is 1.35. The summed E-state index contributed by atoms with van der Waals surface area (Å²) in [6.45, 7) is 1.44. The van der Waals surface area contributed by atoms with Gasteiger partial charge in [0.05, 0.1) is 6.33 Å². The molecular formula is C11H18N4O2. The summed E-state index contributed by atoms with van der Waals surface area (Å²) < 4.78 is 1.96. The fourth-order valence-corrected chi connectivity index (χ4v) is 1.35. The van der Waals surface area contributed by atoms with Gasteiger partial charge < -0.3 is 15.2 Å². The molecule has 0 aliphatic heterocycles. The van der Waals surface area contributed by atoms with Crippen LogP contribution in [0.15, 0.2) is 18.7 Å². The monoisotopic (exact) mass is 238 g/mol. The van der Waals surface area contributed by atoms with Crippen LogP contribution in [-0.2, 0) is 16.1 Å². The van der Waals surface area contributed by atoms with E-state index in [2.05, 4.69) is 15.6 Å². The normalized spacial score (nSPS) is 9.94. The van der Waals surface area contributed by atoms with Crippen molar-refractivity contribution in [1.29, 1.82) is 0 Å². The van der Waals surface area contributed by atoms with Crippen LogP contribution in [0, 0.1) is 0 Å². The zero-order chi connectivity index (χ0) is 12.5. The minimum atomic E-state index is -0.112. The molecule has 0 aromatic carbocycles. The average molecular weight is 238 g/mol. The van der Waals surface area contributed by atoms with Crippen LogP contribution in [0.4, 0.5) is 0 Å². The van der Waals surface area contributed by atoms with Crippen molar-refractivity contribution < 1.29 is 9.59 Å². The Labute approximate surface area is 100 Å². The van der Waals surface area contributed by atoms with Gasteiger partial charge in [0.25, 0.3) is 0 Å². The molecule has 0 aliphatic rings. The van der Waals surface area contributed by atoms with Crippen molar-refractivity contribution in [1.82, 2.24) is 20.2 Å². The predicted octanol–water partition coefficient (Wildman–Crippen LogP) is -0.0844. The van der Waals surface area contributed by atoms with Crippen molar-refractivity contribution in [3.8, 4) is 0 Å². The van der Waals surface area contributed by atoms with E-state index in [9.17, 15) is 9.59 Å². The van der Waals surface area contributed by atoms with Gasteiger partial charge in [-0.2, -0.15) is 0 Å². The van der Waals surface area contributed by atoms with Crippen LogP contribution in [0.5, 0.6) is 0 Å². The first-order chi connectivity index (χ1) is 8.22. The maximum Gasteiger partial charge on any atom is 0.220 e. The molecule has 17 heavy (non-hydrogen) atoms. The molecular weight excluding hydrogens is 220 g/mol. The largest absolute Gasteiger partial charge is 0.359 e. The Bertz CT molecular complexity index is 348. The number of carbonyl (C=O) groups excluding carboxylic acids is 2. The lowest BCUT2D eigenvalue weighted by atomic mass is 10.3. The summed E-state index contributed by atoms with van der Waals surface area (Å²) in [5.74, 6) is -0.196. The van der Waals surface area contributed by atoms with Crippen LogP contribution in [0.1, 0.15) is 19.3 Å². The van der Waals surface area contributed by atoms with Gasteiger partial charge in [0.1, 0.15) is 0 Å². The third-order valence-electron chi connectivity index (χ3n) is 2.33. The highest BCUT2D eigenvalue weighted by molar-refractivity contribution is 5.83. The number of amides is 2. The Balaban J connectivity index is 2.02. The molecule has 0 saturated carbocycles. The van der Waals surface area contributed by atoms with Crippen LogP contribution >= 0.6 is 0 Å². The van der Waals surface area contributed by atoms with E-state index in [0.717, 1.165) is 13.0 Å². The number of nitrogens with one attached hydrogen (secondary N) is 2. The van der Waals surface area contributed by atoms with Crippen molar-refractivity contribution in [3.05, 3.63) is 18.7 Å². The van der Waals surface area contributed by atoms with Gasteiger partial charge in [0, 0.05) is 45.4 Å². The summed E-state index contributed by atoms with van der Waals surface area (Å²) in [5.41, 5.74) is 0. The molecule has 0 bridgehead atoms. The molecule has 0 saturated heterocycles. The second-order valence-electron chi connectivity index (χ2n) is 3.68. The first-order valence-corrected chi connectivity index (χ1v) is 5.65. The lowest BCUT2D eigenvalue weighted by Crippen LogP contribution is -2.27. The van der Waals surface area contributed by atoms with Gasteiger partial charge in [-0.15, -0.1) is 0 Å². The van der Waals surface area contributed by atoms with E-state index < -0.39 is 0 Å². The van der Waals surface area contributed by atoms with Crippen LogP contribution in [-0.4, -0.2) is 35.0 Å². The molecule has 0 radical (unpaired) electrons. The molecule has 0 spiro atoms.